The number of fused-ring (bicyclic) bond motifs is 5. The summed E-state index contributed by atoms with van der Waals surface area (Å²) >= 11 is 24.7. The van der Waals surface area contributed by atoms with Gasteiger partial charge in [-0.05, 0) is 177 Å². The maximum atomic E-state index is 5.45. The highest BCUT2D eigenvalue weighted by Crippen LogP contribution is 2.36. The van der Waals surface area contributed by atoms with Gasteiger partial charge in [-0.1, -0.05) is 69.2 Å². The Labute approximate surface area is 417 Å². The fraction of sp³-hybridized carbons (Fsp3) is 0.333. The van der Waals surface area contributed by atoms with E-state index in [9.17, 15) is 0 Å². The summed E-state index contributed by atoms with van der Waals surface area (Å²) in [7, 11) is 0. The largest absolute Gasteiger partial charge is 0.439 e. The van der Waals surface area contributed by atoms with Crippen molar-refractivity contribution in [3.63, 3.8) is 0 Å². The fourth-order valence-electron chi connectivity index (χ4n) is 4.70. The van der Waals surface area contributed by atoms with Crippen molar-refractivity contribution in [2.24, 2.45) is 0 Å². The van der Waals surface area contributed by atoms with Gasteiger partial charge >= 0.3 is 0 Å². The smallest absolute Gasteiger partial charge is 0.189 e. The lowest BCUT2D eigenvalue weighted by molar-refractivity contribution is 0.591. The lowest BCUT2D eigenvalue weighted by Gasteiger charge is -1.85. The summed E-state index contributed by atoms with van der Waals surface area (Å²) in [6.07, 6.45) is 0. The number of thiophene rings is 5. The second-order valence-corrected chi connectivity index (χ2v) is 19.2. The summed E-state index contributed by atoms with van der Waals surface area (Å²) < 4.78 is 30.9. The molecule has 0 aliphatic heterocycles. The first-order valence-corrected chi connectivity index (χ1v) is 27.8. The predicted molar refractivity (Wildman–Crippen MR) is 289 cm³/mol. The zero-order valence-electron chi connectivity index (χ0n) is 36.7. The second-order valence-electron chi connectivity index (χ2n) is 10.7. The third kappa shape index (κ3) is 16.0. The van der Waals surface area contributed by atoms with Crippen LogP contribution in [0.25, 0.3) is 51.4 Å². The lowest BCUT2D eigenvalue weighted by Crippen LogP contribution is -1.67. The molecule has 10 aromatic rings. The topological polar surface area (TPSA) is 65.7 Å². The highest BCUT2D eigenvalue weighted by molar-refractivity contribution is 9.11. The minimum atomic E-state index is 0.810. The first-order chi connectivity index (χ1) is 28.9. The normalized spacial score (nSPS) is 9.67. The van der Waals surface area contributed by atoms with E-state index < -0.39 is 0 Å². The third-order valence-electron chi connectivity index (χ3n) is 7.16. The summed E-state index contributed by atoms with van der Waals surface area (Å²) in [6, 6.07) is 12.2. The van der Waals surface area contributed by atoms with Crippen molar-refractivity contribution in [3.05, 3.63) is 108 Å². The molecule has 5 nitrogen and oxygen atoms in total. The number of hydrogen-bond donors (Lipinski definition) is 0. The molecular weight excluding hydrogens is 1180 g/mol. The molecule has 60 heavy (non-hydrogen) atoms. The summed E-state index contributed by atoms with van der Waals surface area (Å²) in [4.78, 5) is 6.31. The molecule has 0 bridgehead atoms. The second kappa shape index (κ2) is 29.9. The fourth-order valence-corrected chi connectivity index (χ4v) is 11.4. The van der Waals surface area contributed by atoms with E-state index in [0.29, 0.717) is 0 Å². The molecule has 0 fully saturated rings. The number of furan rings is 5. The molecule has 0 saturated heterocycles. The van der Waals surface area contributed by atoms with E-state index >= 15 is 0 Å². The van der Waals surface area contributed by atoms with Crippen LogP contribution in [0, 0.1) is 34.6 Å². The molecule has 0 aliphatic carbocycles. The highest BCUT2D eigenvalue weighted by Gasteiger charge is 2.11. The molecule has 0 N–H and O–H groups in total. The minimum absolute atomic E-state index is 0.810. The zero-order chi connectivity index (χ0) is 45.7. The van der Waals surface area contributed by atoms with Crippen LogP contribution >= 0.6 is 136 Å². The van der Waals surface area contributed by atoms with Crippen LogP contribution in [0.15, 0.2) is 103 Å². The quantitative estimate of drug-likeness (QED) is 0.151. The molecule has 330 valence electrons. The van der Waals surface area contributed by atoms with Crippen LogP contribution in [0.4, 0.5) is 0 Å². The highest BCUT2D eigenvalue weighted by atomic mass is 79.9. The van der Waals surface area contributed by atoms with Gasteiger partial charge in [-0.3, -0.25) is 0 Å². The number of hydrogen-bond acceptors (Lipinski definition) is 10. The monoisotopic (exact) mass is 1230 g/mol. The molecule has 0 saturated carbocycles. The van der Waals surface area contributed by atoms with E-state index in [1.807, 2.05) is 111 Å². The molecule has 0 atom stereocenters. The average molecular weight is 1240 g/mol. The van der Waals surface area contributed by atoms with E-state index in [0.717, 1.165) is 47.8 Å². The summed E-state index contributed by atoms with van der Waals surface area (Å²) in [5, 5.41) is 14.3. The van der Waals surface area contributed by atoms with E-state index in [1.165, 1.54) is 54.1 Å². The molecule has 0 radical (unpaired) electrons. The third-order valence-corrected chi connectivity index (χ3v) is 14.4. The van der Waals surface area contributed by atoms with Crippen molar-refractivity contribution < 1.29 is 22.1 Å². The SMILES string of the molecule is Brc1cc2ccsc2o1.CC.CC.CC.CC.CC.Cc1c(Br)oc2sccc12.Cc1cc2cc(Br)oc2s1.Cc1csc2oc(Br)c(C)c12.Cc1csc2oc(Br)cc12. The summed E-state index contributed by atoms with van der Waals surface area (Å²) in [6.45, 7) is 30.4. The van der Waals surface area contributed by atoms with E-state index in [4.69, 9.17) is 22.1 Å². The molecule has 0 spiro atoms. The van der Waals surface area contributed by atoms with Gasteiger partial charge < -0.3 is 22.1 Å². The van der Waals surface area contributed by atoms with Crippen LogP contribution < -0.4 is 0 Å². The number of aryl methyl sites for hydroxylation is 5. The van der Waals surface area contributed by atoms with E-state index in [-0.39, 0.29) is 0 Å². The van der Waals surface area contributed by atoms with Gasteiger partial charge in [-0.2, -0.15) is 0 Å². The summed E-state index contributed by atoms with van der Waals surface area (Å²) in [5.41, 5.74) is 4.99. The minimum Gasteiger partial charge on any atom is -0.439 e. The molecule has 0 unspecified atom stereocenters. The maximum absolute atomic E-state index is 5.45. The van der Waals surface area contributed by atoms with Crippen molar-refractivity contribution in [1.29, 1.82) is 0 Å². The number of rotatable bonds is 0. The number of halogens is 5. The van der Waals surface area contributed by atoms with Crippen molar-refractivity contribution in [2.75, 3.05) is 0 Å². The van der Waals surface area contributed by atoms with Crippen LogP contribution in [0.3, 0.4) is 0 Å². The van der Waals surface area contributed by atoms with Crippen LogP contribution in [0.1, 0.15) is 96.4 Å². The van der Waals surface area contributed by atoms with Gasteiger partial charge in [0.15, 0.2) is 47.8 Å². The summed E-state index contributed by atoms with van der Waals surface area (Å²) in [5.74, 6) is 0. The molecule has 0 amide bonds. The zero-order valence-corrected chi connectivity index (χ0v) is 48.8. The van der Waals surface area contributed by atoms with Gasteiger partial charge in [0.25, 0.3) is 0 Å². The maximum Gasteiger partial charge on any atom is 0.189 e. The van der Waals surface area contributed by atoms with Gasteiger partial charge in [0.05, 0.1) is 0 Å². The molecule has 10 heterocycles. The van der Waals surface area contributed by atoms with E-state index in [2.05, 4.69) is 130 Å². The molecule has 15 heteroatoms. The van der Waals surface area contributed by atoms with Gasteiger partial charge in [0.2, 0.25) is 0 Å². The Morgan fingerprint density at radius 3 is 1.45 bits per heavy atom. The van der Waals surface area contributed by atoms with Crippen LogP contribution in [0.2, 0.25) is 0 Å². The average Bonchev–Trinajstić information content (AvgIpc) is 4.13. The Morgan fingerprint density at radius 2 is 0.883 bits per heavy atom. The Kier molecular flexibility index (Phi) is 28.2. The molecule has 0 aromatic carbocycles. The van der Waals surface area contributed by atoms with Gasteiger partial charge in [-0.25, -0.2) is 0 Å². The van der Waals surface area contributed by atoms with Crippen molar-refractivity contribution in [3.8, 4) is 0 Å². The van der Waals surface area contributed by atoms with Crippen molar-refractivity contribution >= 4 is 188 Å². The van der Waals surface area contributed by atoms with Crippen LogP contribution in [-0.4, -0.2) is 0 Å². The molecule has 0 aliphatic rings. The molecule has 10 rings (SSSR count). The van der Waals surface area contributed by atoms with E-state index in [1.54, 1.807) is 56.7 Å². The Bertz CT molecular complexity index is 2560. The van der Waals surface area contributed by atoms with Gasteiger partial charge in [0, 0.05) is 49.0 Å². The lowest BCUT2D eigenvalue weighted by atomic mass is 10.2. The molecular formula is C45H55Br5O5S5. The Balaban J connectivity index is 0.000000356. The van der Waals surface area contributed by atoms with Crippen molar-refractivity contribution in [1.82, 2.24) is 0 Å². The standard InChI is InChI=1S/C8H7BrOS.3C7H5BrOS.C6H3BrOS.5C2H6/c1-4-3-11-8-6(4)5(2)7(9)10-8;1-4-3-10-7-5(4)2-6(8)9-7;1-4-2-5-3-6(8)9-7(5)10-4;1-4-5-2-3-10-7(5)9-6(4)8;7-5-3-4-1-2-9-6(4)8-5;5*1-2/h3H,1-2H3;3*2-3H,1H3;1-3H;5*1-2H3. The van der Waals surface area contributed by atoms with Crippen LogP contribution in [0.5, 0.6) is 0 Å². The van der Waals surface area contributed by atoms with Gasteiger partial charge in [-0.15, -0.1) is 56.7 Å². The first-order valence-electron chi connectivity index (χ1n) is 19.5. The van der Waals surface area contributed by atoms with Crippen molar-refractivity contribution in [2.45, 2.75) is 104 Å². The predicted octanol–water partition coefficient (Wildman–Crippen LogP) is 23.0. The molecule has 10 aromatic heterocycles. The Hall–Kier alpha value is -1.40. The first kappa shape index (κ1) is 56.6. The Morgan fingerprint density at radius 1 is 0.417 bits per heavy atom. The van der Waals surface area contributed by atoms with Gasteiger partial charge in [0.1, 0.15) is 0 Å². The van der Waals surface area contributed by atoms with Crippen LogP contribution in [-0.2, 0) is 0 Å².